The minimum atomic E-state index is -0.764. The Labute approximate surface area is 111 Å². The lowest BCUT2D eigenvalue weighted by atomic mass is 10.1. The number of nitrogens with two attached hydrogens (primary N) is 1. The van der Waals surface area contributed by atoms with E-state index in [0.717, 1.165) is 5.56 Å². The molecule has 98 valence electrons. The standard InChI is InChI=1S/C12H16N2O3S/c1-17-6-8-2-4-9(5-3-8)12(16)14-10(7-18)11(13)15/h2-5,10,18H,6-7H2,1H3,(H2,13,15)(H,14,16). The third-order valence-electron chi connectivity index (χ3n) is 2.36. The van der Waals surface area contributed by atoms with Crippen LogP contribution in [0, 0.1) is 0 Å². The molecule has 1 unspecified atom stereocenters. The summed E-state index contributed by atoms with van der Waals surface area (Å²) in [7, 11) is 1.60. The minimum Gasteiger partial charge on any atom is -0.380 e. The van der Waals surface area contributed by atoms with Crippen LogP contribution in [0.25, 0.3) is 0 Å². The van der Waals surface area contributed by atoms with Crippen LogP contribution in [0.1, 0.15) is 15.9 Å². The van der Waals surface area contributed by atoms with E-state index in [1.807, 2.05) is 0 Å². The maximum Gasteiger partial charge on any atom is 0.251 e. The Morgan fingerprint density at radius 1 is 1.39 bits per heavy atom. The number of methoxy groups -OCH3 is 1. The van der Waals surface area contributed by atoms with Crippen molar-refractivity contribution in [3.05, 3.63) is 35.4 Å². The molecular weight excluding hydrogens is 252 g/mol. The van der Waals surface area contributed by atoms with Gasteiger partial charge in [-0.25, -0.2) is 0 Å². The van der Waals surface area contributed by atoms with Gasteiger partial charge < -0.3 is 15.8 Å². The molecule has 0 aliphatic rings. The van der Waals surface area contributed by atoms with Gasteiger partial charge in [-0.3, -0.25) is 9.59 Å². The van der Waals surface area contributed by atoms with E-state index in [2.05, 4.69) is 17.9 Å². The fraction of sp³-hybridized carbons (Fsp3) is 0.333. The molecule has 2 amide bonds. The fourth-order valence-electron chi connectivity index (χ4n) is 1.37. The van der Waals surface area contributed by atoms with E-state index >= 15 is 0 Å². The number of carbonyl (C=O) groups excluding carboxylic acids is 2. The molecule has 1 rings (SSSR count). The predicted molar refractivity (Wildman–Crippen MR) is 71.5 cm³/mol. The number of rotatable bonds is 6. The molecule has 0 aliphatic carbocycles. The summed E-state index contributed by atoms with van der Waals surface area (Å²) in [5.74, 6) is -0.783. The lowest BCUT2D eigenvalue weighted by molar-refractivity contribution is -0.119. The maximum atomic E-state index is 11.8. The molecule has 0 saturated carbocycles. The van der Waals surface area contributed by atoms with Crippen LogP contribution in [-0.4, -0.2) is 30.7 Å². The predicted octanol–water partition coefficient (Wildman–Crippen LogP) is 0.347. The van der Waals surface area contributed by atoms with Crippen molar-refractivity contribution >= 4 is 24.4 Å². The van der Waals surface area contributed by atoms with Crippen molar-refractivity contribution in [2.24, 2.45) is 5.73 Å². The summed E-state index contributed by atoms with van der Waals surface area (Å²) in [6, 6.07) is 6.15. The summed E-state index contributed by atoms with van der Waals surface area (Å²) in [5.41, 5.74) is 6.55. The average molecular weight is 268 g/mol. The summed E-state index contributed by atoms with van der Waals surface area (Å²) in [6.07, 6.45) is 0. The number of hydrogen-bond acceptors (Lipinski definition) is 4. The third kappa shape index (κ3) is 4.05. The van der Waals surface area contributed by atoms with E-state index in [-0.39, 0.29) is 11.7 Å². The van der Waals surface area contributed by atoms with Crippen LogP contribution in [0.15, 0.2) is 24.3 Å². The molecular formula is C12H16N2O3S. The maximum absolute atomic E-state index is 11.8. The van der Waals surface area contributed by atoms with Crippen molar-refractivity contribution in [2.75, 3.05) is 12.9 Å². The minimum absolute atomic E-state index is 0.169. The molecule has 1 atom stereocenters. The van der Waals surface area contributed by atoms with E-state index in [1.54, 1.807) is 31.4 Å². The normalized spacial score (nSPS) is 11.9. The highest BCUT2D eigenvalue weighted by atomic mass is 32.1. The van der Waals surface area contributed by atoms with Crippen molar-refractivity contribution in [3.63, 3.8) is 0 Å². The average Bonchev–Trinajstić information content (AvgIpc) is 2.36. The highest BCUT2D eigenvalue weighted by Crippen LogP contribution is 2.06. The Kier molecular flexibility index (Phi) is 5.67. The fourth-order valence-corrected chi connectivity index (χ4v) is 1.64. The van der Waals surface area contributed by atoms with Crippen LogP contribution in [0.2, 0.25) is 0 Å². The van der Waals surface area contributed by atoms with E-state index in [0.29, 0.717) is 12.2 Å². The lowest BCUT2D eigenvalue weighted by Crippen LogP contribution is -2.45. The molecule has 0 heterocycles. The molecule has 0 aliphatic heterocycles. The van der Waals surface area contributed by atoms with Gasteiger partial charge in [0.05, 0.1) is 6.61 Å². The SMILES string of the molecule is COCc1ccc(C(=O)NC(CS)C(N)=O)cc1. The van der Waals surface area contributed by atoms with E-state index < -0.39 is 11.9 Å². The second-order valence-corrected chi connectivity index (χ2v) is 4.11. The molecule has 0 saturated heterocycles. The Balaban J connectivity index is 2.69. The van der Waals surface area contributed by atoms with Gasteiger partial charge in [-0.1, -0.05) is 12.1 Å². The van der Waals surface area contributed by atoms with Crippen LogP contribution >= 0.6 is 12.6 Å². The molecule has 1 aromatic rings. The van der Waals surface area contributed by atoms with Crippen molar-refractivity contribution in [3.8, 4) is 0 Å². The van der Waals surface area contributed by atoms with Crippen molar-refractivity contribution < 1.29 is 14.3 Å². The number of amides is 2. The van der Waals surface area contributed by atoms with Gasteiger partial charge in [-0.05, 0) is 17.7 Å². The monoisotopic (exact) mass is 268 g/mol. The van der Waals surface area contributed by atoms with Crippen LogP contribution in [0.3, 0.4) is 0 Å². The summed E-state index contributed by atoms with van der Waals surface area (Å²) in [6.45, 7) is 0.489. The number of nitrogens with one attached hydrogen (secondary N) is 1. The zero-order valence-corrected chi connectivity index (χ0v) is 10.9. The van der Waals surface area contributed by atoms with Gasteiger partial charge in [-0.2, -0.15) is 12.6 Å². The van der Waals surface area contributed by atoms with Gasteiger partial charge in [0.2, 0.25) is 5.91 Å². The van der Waals surface area contributed by atoms with Crippen LogP contribution in [0.5, 0.6) is 0 Å². The Hall–Kier alpha value is -1.53. The van der Waals surface area contributed by atoms with E-state index in [1.165, 1.54) is 0 Å². The number of carbonyl (C=O) groups is 2. The van der Waals surface area contributed by atoms with Gasteiger partial charge in [0, 0.05) is 18.4 Å². The third-order valence-corrected chi connectivity index (χ3v) is 2.72. The first-order valence-electron chi connectivity index (χ1n) is 5.37. The van der Waals surface area contributed by atoms with Gasteiger partial charge in [0.1, 0.15) is 6.04 Å². The Bertz CT molecular complexity index is 420. The van der Waals surface area contributed by atoms with Crippen molar-refractivity contribution in [1.82, 2.24) is 5.32 Å². The highest BCUT2D eigenvalue weighted by molar-refractivity contribution is 7.80. The van der Waals surface area contributed by atoms with Gasteiger partial charge in [0.15, 0.2) is 0 Å². The Morgan fingerprint density at radius 3 is 2.44 bits per heavy atom. The lowest BCUT2D eigenvalue weighted by Gasteiger charge is -2.12. The highest BCUT2D eigenvalue weighted by Gasteiger charge is 2.16. The molecule has 18 heavy (non-hydrogen) atoms. The smallest absolute Gasteiger partial charge is 0.251 e. The van der Waals surface area contributed by atoms with Gasteiger partial charge >= 0.3 is 0 Å². The van der Waals surface area contributed by atoms with Crippen LogP contribution in [0.4, 0.5) is 0 Å². The molecule has 3 N–H and O–H groups in total. The topological polar surface area (TPSA) is 81.4 Å². The molecule has 1 aromatic carbocycles. The molecule has 6 heteroatoms. The summed E-state index contributed by atoms with van der Waals surface area (Å²) < 4.78 is 4.97. The second-order valence-electron chi connectivity index (χ2n) is 3.74. The number of hydrogen-bond donors (Lipinski definition) is 3. The number of thiol groups is 1. The summed E-state index contributed by atoms with van der Waals surface area (Å²) in [4.78, 5) is 22.8. The molecule has 0 aromatic heterocycles. The Morgan fingerprint density at radius 2 is 2.00 bits per heavy atom. The molecule has 0 fully saturated rings. The molecule has 0 bridgehead atoms. The largest absolute Gasteiger partial charge is 0.380 e. The summed E-state index contributed by atoms with van der Waals surface area (Å²) in [5, 5.41) is 2.51. The zero-order chi connectivity index (χ0) is 13.5. The molecule has 5 nitrogen and oxygen atoms in total. The zero-order valence-electron chi connectivity index (χ0n) is 10.1. The first-order valence-corrected chi connectivity index (χ1v) is 6.00. The summed E-state index contributed by atoms with van der Waals surface area (Å²) >= 11 is 3.95. The number of ether oxygens (including phenoxy) is 1. The van der Waals surface area contributed by atoms with E-state index in [9.17, 15) is 9.59 Å². The number of primary amides is 1. The van der Waals surface area contributed by atoms with Crippen molar-refractivity contribution in [2.45, 2.75) is 12.6 Å². The quantitative estimate of drug-likeness (QED) is 0.651. The number of benzene rings is 1. The first-order chi connectivity index (χ1) is 8.58. The van der Waals surface area contributed by atoms with Crippen LogP contribution in [-0.2, 0) is 16.1 Å². The first kappa shape index (κ1) is 14.5. The van der Waals surface area contributed by atoms with Crippen LogP contribution < -0.4 is 11.1 Å². The molecule has 0 radical (unpaired) electrons. The van der Waals surface area contributed by atoms with Gasteiger partial charge in [-0.15, -0.1) is 0 Å². The molecule has 0 spiro atoms. The van der Waals surface area contributed by atoms with Gasteiger partial charge in [0.25, 0.3) is 5.91 Å². The van der Waals surface area contributed by atoms with Crippen molar-refractivity contribution in [1.29, 1.82) is 0 Å². The second kappa shape index (κ2) is 7.03. The van der Waals surface area contributed by atoms with E-state index in [4.69, 9.17) is 10.5 Å².